The molecule has 1 aromatic rings. The van der Waals surface area contributed by atoms with Crippen molar-refractivity contribution in [3.05, 3.63) is 29.8 Å². The fraction of sp³-hybridized carbons (Fsp3) is 0.273. The number of ether oxygens (including phenoxy) is 1. The van der Waals surface area contributed by atoms with Gasteiger partial charge in [-0.25, -0.2) is 0 Å². The van der Waals surface area contributed by atoms with Crippen LogP contribution in [0.3, 0.4) is 0 Å². The first-order valence-electron chi connectivity index (χ1n) is 5.03. The van der Waals surface area contributed by atoms with Gasteiger partial charge in [0.05, 0.1) is 5.56 Å². The summed E-state index contributed by atoms with van der Waals surface area (Å²) in [6, 6.07) is 4.73. The summed E-state index contributed by atoms with van der Waals surface area (Å²) in [5.41, 5.74) is -0.358. The average Bonchev–Trinajstić information content (AvgIpc) is 2.25. The highest BCUT2D eigenvalue weighted by Gasteiger charge is 2.33. The summed E-state index contributed by atoms with van der Waals surface area (Å²) in [6.07, 6.45) is -4.93. The molecule has 5 nitrogen and oxygen atoms in total. The first-order valence-corrected chi connectivity index (χ1v) is 5.03. The van der Waals surface area contributed by atoms with Gasteiger partial charge in [-0.1, -0.05) is 12.1 Å². The number of carbonyl (C=O) groups is 2. The number of carboxylic acid groups (broad SMARTS) is 1. The Morgan fingerprint density at radius 2 is 1.89 bits per heavy atom. The molecular weight excluding hydrogens is 267 g/mol. The fourth-order valence-electron chi connectivity index (χ4n) is 1.34. The van der Waals surface area contributed by atoms with E-state index < -0.39 is 30.5 Å². The third-order valence-corrected chi connectivity index (χ3v) is 2.06. The van der Waals surface area contributed by atoms with E-state index in [1.807, 2.05) is 0 Å². The van der Waals surface area contributed by atoms with Crippen molar-refractivity contribution in [3.8, 4) is 5.75 Å². The van der Waals surface area contributed by atoms with Gasteiger partial charge in [-0.05, 0) is 12.1 Å². The monoisotopic (exact) mass is 277 g/mol. The molecule has 1 N–H and O–H groups in total. The Hall–Kier alpha value is -2.25. The summed E-state index contributed by atoms with van der Waals surface area (Å²) in [7, 11) is 1.17. The Morgan fingerprint density at radius 1 is 1.32 bits per heavy atom. The first-order chi connectivity index (χ1) is 8.70. The molecule has 0 saturated heterocycles. The van der Waals surface area contributed by atoms with Crippen LogP contribution in [0.15, 0.2) is 24.3 Å². The summed E-state index contributed by atoms with van der Waals surface area (Å²) >= 11 is 0. The molecule has 0 aliphatic carbocycles. The lowest BCUT2D eigenvalue weighted by Gasteiger charge is -2.17. The molecule has 1 aromatic carbocycles. The minimum Gasteiger partial charge on any atom is -0.480 e. The number of amides is 1. The quantitative estimate of drug-likeness (QED) is 0.910. The zero-order valence-corrected chi connectivity index (χ0v) is 9.77. The van der Waals surface area contributed by atoms with E-state index in [-0.39, 0.29) is 5.56 Å². The van der Waals surface area contributed by atoms with E-state index in [9.17, 15) is 22.8 Å². The van der Waals surface area contributed by atoms with Gasteiger partial charge in [0.25, 0.3) is 5.91 Å². The molecule has 19 heavy (non-hydrogen) atoms. The number of hydrogen-bond acceptors (Lipinski definition) is 3. The highest BCUT2D eigenvalue weighted by atomic mass is 19.4. The topological polar surface area (TPSA) is 66.8 Å². The summed E-state index contributed by atoms with van der Waals surface area (Å²) < 4.78 is 40.2. The lowest BCUT2D eigenvalue weighted by atomic mass is 10.2. The van der Waals surface area contributed by atoms with Crippen LogP contribution in [0.4, 0.5) is 13.2 Å². The molecule has 1 rings (SSSR count). The van der Waals surface area contributed by atoms with E-state index in [0.717, 1.165) is 17.0 Å². The predicted molar refractivity (Wildman–Crippen MR) is 57.7 cm³/mol. The van der Waals surface area contributed by atoms with Crippen molar-refractivity contribution in [1.29, 1.82) is 0 Å². The third-order valence-electron chi connectivity index (χ3n) is 2.06. The smallest absolute Gasteiger partial charge is 0.480 e. The molecule has 0 unspecified atom stereocenters. The molecule has 1 amide bonds. The maximum Gasteiger partial charge on any atom is 0.573 e. The number of benzene rings is 1. The number of hydrogen-bond donors (Lipinski definition) is 1. The van der Waals surface area contributed by atoms with Gasteiger partial charge in [0, 0.05) is 7.05 Å². The van der Waals surface area contributed by atoms with Crippen molar-refractivity contribution >= 4 is 11.9 Å². The highest BCUT2D eigenvalue weighted by Crippen LogP contribution is 2.26. The molecule has 0 aliphatic rings. The number of para-hydroxylation sites is 1. The van der Waals surface area contributed by atoms with Crippen molar-refractivity contribution in [2.24, 2.45) is 0 Å². The Labute approximate surface area is 106 Å². The second-order valence-corrected chi connectivity index (χ2v) is 3.60. The van der Waals surface area contributed by atoms with Gasteiger partial charge in [-0.3, -0.25) is 9.59 Å². The normalized spacial score (nSPS) is 10.9. The van der Waals surface area contributed by atoms with Gasteiger partial charge in [0.2, 0.25) is 0 Å². The largest absolute Gasteiger partial charge is 0.573 e. The molecule has 0 saturated carbocycles. The van der Waals surface area contributed by atoms with Gasteiger partial charge in [0.1, 0.15) is 12.3 Å². The zero-order chi connectivity index (χ0) is 14.6. The second kappa shape index (κ2) is 5.59. The van der Waals surface area contributed by atoms with Crippen LogP contribution in [0.25, 0.3) is 0 Å². The second-order valence-electron chi connectivity index (χ2n) is 3.60. The first kappa shape index (κ1) is 14.8. The Balaban J connectivity index is 3.00. The highest BCUT2D eigenvalue weighted by molar-refractivity contribution is 5.98. The van der Waals surface area contributed by atoms with E-state index in [4.69, 9.17) is 5.11 Å². The van der Waals surface area contributed by atoms with Gasteiger partial charge in [-0.15, -0.1) is 13.2 Å². The van der Waals surface area contributed by atoms with Gasteiger partial charge >= 0.3 is 12.3 Å². The maximum atomic E-state index is 12.2. The van der Waals surface area contributed by atoms with Crippen LogP contribution in [-0.4, -0.2) is 41.8 Å². The molecule has 0 bridgehead atoms. The summed E-state index contributed by atoms with van der Waals surface area (Å²) in [4.78, 5) is 23.0. The number of alkyl halides is 3. The van der Waals surface area contributed by atoms with Crippen LogP contribution >= 0.6 is 0 Å². The summed E-state index contributed by atoms with van der Waals surface area (Å²) in [5, 5.41) is 8.53. The standard InChI is InChI=1S/C11H10F3NO4/c1-15(6-9(16)17)10(18)7-4-2-3-5-8(7)19-11(12,13)14/h2-5H,6H2,1H3,(H,16,17). The molecule has 8 heteroatoms. The number of halogens is 3. The van der Waals surface area contributed by atoms with Gasteiger partial charge < -0.3 is 14.7 Å². The minimum absolute atomic E-state index is 0.358. The predicted octanol–water partition coefficient (Wildman–Crippen LogP) is 1.74. The van der Waals surface area contributed by atoms with Crippen LogP contribution in [0.1, 0.15) is 10.4 Å². The Bertz CT molecular complexity index is 487. The van der Waals surface area contributed by atoms with Crippen LogP contribution in [0.5, 0.6) is 5.75 Å². The molecule has 0 heterocycles. The zero-order valence-electron chi connectivity index (χ0n) is 9.77. The van der Waals surface area contributed by atoms with Crippen molar-refractivity contribution in [2.75, 3.05) is 13.6 Å². The van der Waals surface area contributed by atoms with Gasteiger partial charge in [-0.2, -0.15) is 0 Å². The molecular formula is C11H10F3NO4. The van der Waals surface area contributed by atoms with E-state index in [2.05, 4.69) is 4.74 Å². The Morgan fingerprint density at radius 3 is 2.42 bits per heavy atom. The van der Waals surface area contributed by atoms with E-state index in [1.54, 1.807) is 0 Å². The van der Waals surface area contributed by atoms with E-state index in [0.29, 0.717) is 0 Å². The molecule has 0 spiro atoms. The number of rotatable bonds is 4. The summed E-state index contributed by atoms with van der Waals surface area (Å²) in [6.45, 7) is -0.626. The van der Waals surface area contributed by atoms with Crippen LogP contribution in [-0.2, 0) is 4.79 Å². The van der Waals surface area contributed by atoms with E-state index >= 15 is 0 Å². The molecule has 0 radical (unpaired) electrons. The SMILES string of the molecule is CN(CC(=O)O)C(=O)c1ccccc1OC(F)(F)F. The number of carbonyl (C=O) groups excluding carboxylic acids is 1. The van der Waals surface area contributed by atoms with Crippen LogP contribution in [0.2, 0.25) is 0 Å². The van der Waals surface area contributed by atoms with Gasteiger partial charge in [0.15, 0.2) is 0 Å². The van der Waals surface area contributed by atoms with Crippen LogP contribution < -0.4 is 4.74 Å². The molecule has 0 fully saturated rings. The van der Waals surface area contributed by atoms with Crippen molar-refractivity contribution in [1.82, 2.24) is 4.90 Å². The number of nitrogens with zero attached hydrogens (tertiary/aromatic N) is 1. The number of likely N-dealkylation sites (N-methyl/N-ethyl adjacent to an activating group) is 1. The number of aliphatic carboxylic acids is 1. The minimum atomic E-state index is -4.93. The fourth-order valence-corrected chi connectivity index (χ4v) is 1.34. The lowest BCUT2D eigenvalue weighted by Crippen LogP contribution is -2.32. The Kier molecular flexibility index (Phi) is 4.36. The van der Waals surface area contributed by atoms with Crippen molar-refractivity contribution in [2.45, 2.75) is 6.36 Å². The molecule has 0 aliphatic heterocycles. The summed E-state index contributed by atoms with van der Waals surface area (Å²) in [5.74, 6) is -2.82. The lowest BCUT2D eigenvalue weighted by molar-refractivity contribution is -0.274. The van der Waals surface area contributed by atoms with Crippen molar-refractivity contribution in [3.63, 3.8) is 0 Å². The molecule has 104 valence electrons. The van der Waals surface area contributed by atoms with Crippen LogP contribution in [0, 0.1) is 0 Å². The average molecular weight is 277 g/mol. The number of carboxylic acids is 1. The van der Waals surface area contributed by atoms with E-state index in [1.165, 1.54) is 19.2 Å². The third kappa shape index (κ3) is 4.49. The molecule has 0 aromatic heterocycles. The maximum absolute atomic E-state index is 12.2. The van der Waals surface area contributed by atoms with Crippen molar-refractivity contribution < 1.29 is 32.6 Å². The molecule has 0 atom stereocenters.